The van der Waals surface area contributed by atoms with Gasteiger partial charge in [-0.1, -0.05) is 30.3 Å². The molecule has 0 aromatic heterocycles. The number of amides is 1. The smallest absolute Gasteiger partial charge is 0.221 e. The van der Waals surface area contributed by atoms with Crippen LogP contribution in [0.3, 0.4) is 0 Å². The third-order valence-corrected chi connectivity index (χ3v) is 4.98. The number of carbonyl (C=O) groups is 1. The van der Waals surface area contributed by atoms with Crippen LogP contribution in [0.5, 0.6) is 0 Å². The molecule has 1 saturated heterocycles. The number of para-hydroxylation sites is 1. The molecular weight excluding hydrogens is 298 g/mol. The Morgan fingerprint density at radius 1 is 1.21 bits per heavy atom. The zero-order chi connectivity index (χ0) is 16.5. The summed E-state index contributed by atoms with van der Waals surface area (Å²) in [6.45, 7) is 4.74. The standard InChI is InChI=1S/C20H23N3O/c1-14(24)22-17-6-2-4-15(12-17)19-7-3-5-16-13-18-8-9-21-10-11-23(18)20(16)19/h2-7,12,18,21H,8-11,13H2,1H3,(H,22,24). The molecular formula is C20H23N3O. The van der Waals surface area contributed by atoms with Gasteiger partial charge in [-0.15, -0.1) is 0 Å². The molecule has 2 aromatic carbocycles. The Morgan fingerprint density at radius 2 is 2.08 bits per heavy atom. The summed E-state index contributed by atoms with van der Waals surface area (Å²) in [5.74, 6) is -0.0379. The summed E-state index contributed by atoms with van der Waals surface area (Å²) in [5, 5.41) is 6.39. The van der Waals surface area contributed by atoms with E-state index in [-0.39, 0.29) is 5.91 Å². The number of hydrogen-bond acceptors (Lipinski definition) is 3. The zero-order valence-electron chi connectivity index (χ0n) is 14.0. The molecule has 2 aromatic rings. The van der Waals surface area contributed by atoms with Crippen molar-refractivity contribution in [3.05, 3.63) is 48.0 Å². The van der Waals surface area contributed by atoms with Crippen LogP contribution in [0.15, 0.2) is 42.5 Å². The fourth-order valence-corrected chi connectivity index (χ4v) is 3.99. The highest BCUT2D eigenvalue weighted by atomic mass is 16.1. The highest BCUT2D eigenvalue weighted by Gasteiger charge is 2.32. The highest BCUT2D eigenvalue weighted by molar-refractivity contribution is 5.91. The molecule has 4 heteroatoms. The Labute approximate surface area is 142 Å². The van der Waals surface area contributed by atoms with Crippen LogP contribution in [0, 0.1) is 0 Å². The van der Waals surface area contributed by atoms with E-state index in [9.17, 15) is 4.79 Å². The van der Waals surface area contributed by atoms with Gasteiger partial charge in [0.05, 0.1) is 0 Å². The van der Waals surface area contributed by atoms with Crippen LogP contribution < -0.4 is 15.5 Å². The number of hydrogen-bond donors (Lipinski definition) is 2. The normalized spacial score (nSPS) is 19.4. The van der Waals surface area contributed by atoms with Crippen LogP contribution in [0.25, 0.3) is 11.1 Å². The van der Waals surface area contributed by atoms with Crippen LogP contribution in [-0.2, 0) is 11.2 Å². The van der Waals surface area contributed by atoms with Gasteiger partial charge in [-0.2, -0.15) is 0 Å². The lowest BCUT2D eigenvalue weighted by Gasteiger charge is -2.26. The molecule has 0 saturated carbocycles. The lowest BCUT2D eigenvalue weighted by Crippen LogP contribution is -2.33. The first-order chi connectivity index (χ1) is 11.7. The second-order valence-corrected chi connectivity index (χ2v) is 6.67. The minimum absolute atomic E-state index is 0.0379. The van der Waals surface area contributed by atoms with Crippen LogP contribution in [0.4, 0.5) is 11.4 Å². The van der Waals surface area contributed by atoms with Gasteiger partial charge in [0, 0.05) is 43.0 Å². The number of carbonyl (C=O) groups excluding carboxylic acids is 1. The number of fused-ring (bicyclic) bond motifs is 3. The van der Waals surface area contributed by atoms with Crippen molar-refractivity contribution in [1.29, 1.82) is 0 Å². The van der Waals surface area contributed by atoms with Crippen molar-refractivity contribution in [3.8, 4) is 11.1 Å². The fraction of sp³-hybridized carbons (Fsp3) is 0.350. The maximum atomic E-state index is 11.3. The van der Waals surface area contributed by atoms with E-state index in [0.717, 1.165) is 37.3 Å². The maximum Gasteiger partial charge on any atom is 0.221 e. The second kappa shape index (κ2) is 6.29. The average molecular weight is 321 g/mol. The molecule has 1 amide bonds. The van der Waals surface area contributed by atoms with Crippen LogP contribution in [0.2, 0.25) is 0 Å². The van der Waals surface area contributed by atoms with E-state index in [2.05, 4.69) is 45.9 Å². The summed E-state index contributed by atoms with van der Waals surface area (Å²) in [7, 11) is 0. The first-order valence-electron chi connectivity index (χ1n) is 8.69. The van der Waals surface area contributed by atoms with Crippen molar-refractivity contribution >= 4 is 17.3 Å². The lowest BCUT2D eigenvalue weighted by molar-refractivity contribution is -0.114. The number of nitrogens with zero attached hydrogens (tertiary/aromatic N) is 1. The number of nitrogens with one attached hydrogen (secondary N) is 2. The maximum absolute atomic E-state index is 11.3. The molecule has 2 N–H and O–H groups in total. The zero-order valence-corrected chi connectivity index (χ0v) is 14.0. The monoisotopic (exact) mass is 321 g/mol. The van der Waals surface area contributed by atoms with E-state index in [1.807, 2.05) is 12.1 Å². The first kappa shape index (κ1) is 15.2. The number of rotatable bonds is 2. The summed E-state index contributed by atoms with van der Waals surface area (Å²) in [5.41, 5.74) is 6.11. The van der Waals surface area contributed by atoms with Crippen molar-refractivity contribution < 1.29 is 4.79 Å². The molecule has 1 fully saturated rings. The molecule has 24 heavy (non-hydrogen) atoms. The van der Waals surface area contributed by atoms with Crippen LogP contribution in [0.1, 0.15) is 18.9 Å². The lowest BCUT2D eigenvalue weighted by atomic mass is 9.99. The largest absolute Gasteiger partial charge is 0.366 e. The first-order valence-corrected chi connectivity index (χ1v) is 8.69. The molecule has 4 nitrogen and oxygen atoms in total. The van der Waals surface area contributed by atoms with E-state index in [0.29, 0.717) is 6.04 Å². The van der Waals surface area contributed by atoms with Gasteiger partial charge in [0.15, 0.2) is 0 Å². The molecule has 0 radical (unpaired) electrons. The molecule has 124 valence electrons. The second-order valence-electron chi connectivity index (χ2n) is 6.67. The summed E-state index contributed by atoms with van der Waals surface area (Å²) in [4.78, 5) is 13.9. The third kappa shape index (κ3) is 2.78. The molecule has 0 aliphatic carbocycles. The molecule has 2 heterocycles. The Kier molecular flexibility index (Phi) is 3.98. The van der Waals surface area contributed by atoms with Crippen LogP contribution >= 0.6 is 0 Å². The van der Waals surface area contributed by atoms with E-state index in [4.69, 9.17) is 0 Å². The van der Waals surface area contributed by atoms with Gasteiger partial charge < -0.3 is 15.5 Å². The van der Waals surface area contributed by atoms with Crippen molar-refractivity contribution in [1.82, 2.24) is 5.32 Å². The molecule has 1 atom stereocenters. The predicted octanol–water partition coefficient (Wildman–Crippen LogP) is 3.04. The summed E-state index contributed by atoms with van der Waals surface area (Å²) in [6.07, 6.45) is 2.33. The van der Waals surface area contributed by atoms with Crippen LogP contribution in [-0.4, -0.2) is 31.6 Å². The fourth-order valence-electron chi connectivity index (χ4n) is 3.99. The van der Waals surface area contributed by atoms with Gasteiger partial charge in [0.25, 0.3) is 0 Å². The van der Waals surface area contributed by atoms with E-state index < -0.39 is 0 Å². The molecule has 4 rings (SSSR count). The molecule has 0 bridgehead atoms. The average Bonchev–Trinajstić information content (AvgIpc) is 2.76. The van der Waals surface area contributed by atoms with Crippen molar-refractivity contribution in [2.24, 2.45) is 0 Å². The van der Waals surface area contributed by atoms with Gasteiger partial charge in [0.2, 0.25) is 5.91 Å². The van der Waals surface area contributed by atoms with E-state index in [1.165, 1.54) is 23.2 Å². The van der Waals surface area contributed by atoms with E-state index >= 15 is 0 Å². The van der Waals surface area contributed by atoms with Crippen molar-refractivity contribution in [2.75, 3.05) is 29.9 Å². The third-order valence-electron chi connectivity index (χ3n) is 4.98. The summed E-state index contributed by atoms with van der Waals surface area (Å²) < 4.78 is 0. The Hall–Kier alpha value is -2.33. The predicted molar refractivity (Wildman–Crippen MR) is 98.5 cm³/mol. The van der Waals surface area contributed by atoms with Crippen molar-refractivity contribution in [2.45, 2.75) is 25.8 Å². The van der Waals surface area contributed by atoms with Gasteiger partial charge in [-0.3, -0.25) is 4.79 Å². The minimum atomic E-state index is -0.0379. The molecule has 2 aliphatic rings. The number of anilines is 2. The topological polar surface area (TPSA) is 44.4 Å². The highest BCUT2D eigenvalue weighted by Crippen LogP contribution is 2.42. The Bertz CT molecular complexity index is 771. The Morgan fingerprint density at radius 3 is 2.96 bits per heavy atom. The van der Waals surface area contributed by atoms with Gasteiger partial charge in [-0.25, -0.2) is 0 Å². The van der Waals surface area contributed by atoms with Gasteiger partial charge in [-0.05, 0) is 42.6 Å². The number of benzene rings is 2. The Balaban J connectivity index is 1.76. The molecule has 0 spiro atoms. The van der Waals surface area contributed by atoms with Crippen molar-refractivity contribution in [3.63, 3.8) is 0 Å². The summed E-state index contributed by atoms with van der Waals surface area (Å²) >= 11 is 0. The summed E-state index contributed by atoms with van der Waals surface area (Å²) in [6, 6.07) is 15.4. The van der Waals surface area contributed by atoms with E-state index in [1.54, 1.807) is 6.92 Å². The SMILES string of the molecule is CC(=O)Nc1cccc(-c2cccc3c2N2CCNCCC2C3)c1. The van der Waals surface area contributed by atoms with Gasteiger partial charge >= 0.3 is 0 Å². The quantitative estimate of drug-likeness (QED) is 0.893. The van der Waals surface area contributed by atoms with Gasteiger partial charge in [0.1, 0.15) is 0 Å². The molecule has 2 aliphatic heterocycles. The minimum Gasteiger partial charge on any atom is -0.366 e. The molecule has 1 unspecified atom stereocenters.